The zero-order valence-electron chi connectivity index (χ0n) is 12.4. The van der Waals surface area contributed by atoms with E-state index >= 15 is 0 Å². The molecule has 0 aliphatic carbocycles. The Balaban J connectivity index is 1.58. The summed E-state index contributed by atoms with van der Waals surface area (Å²) in [6.07, 6.45) is 7.35. The van der Waals surface area contributed by atoms with Crippen LogP contribution in [0.15, 0.2) is 47.3 Å². The third-order valence-corrected chi connectivity index (χ3v) is 3.83. The molecule has 3 rings (SSSR count). The van der Waals surface area contributed by atoms with Gasteiger partial charge in [0, 0.05) is 12.7 Å². The Labute approximate surface area is 129 Å². The average Bonchev–Trinajstić information content (AvgIpc) is 3.22. The highest BCUT2D eigenvalue weighted by Gasteiger charge is 2.25. The molecule has 2 aromatic heterocycles. The summed E-state index contributed by atoms with van der Waals surface area (Å²) < 4.78 is 5.54. The molecule has 6 nitrogen and oxygen atoms in total. The molecule has 0 aromatic carbocycles. The Kier molecular flexibility index (Phi) is 4.70. The molecule has 116 valence electrons. The van der Waals surface area contributed by atoms with Crippen LogP contribution in [-0.4, -0.2) is 35.5 Å². The summed E-state index contributed by atoms with van der Waals surface area (Å²) in [5.41, 5.74) is 0.677. The van der Waals surface area contributed by atoms with Crippen molar-refractivity contribution in [1.82, 2.24) is 15.2 Å². The first kappa shape index (κ1) is 14.6. The van der Waals surface area contributed by atoms with Gasteiger partial charge in [0.15, 0.2) is 0 Å². The maximum absolute atomic E-state index is 12.0. The van der Waals surface area contributed by atoms with Crippen LogP contribution in [0.25, 0.3) is 0 Å². The molecule has 0 bridgehead atoms. The Bertz CT molecular complexity index is 579. The van der Waals surface area contributed by atoms with E-state index in [1.54, 1.807) is 30.8 Å². The van der Waals surface area contributed by atoms with E-state index in [2.05, 4.69) is 20.5 Å². The number of carbonyl (C=O) groups is 1. The minimum atomic E-state index is -0.233. The highest BCUT2D eigenvalue weighted by Crippen LogP contribution is 2.24. The Morgan fingerprint density at radius 1 is 1.32 bits per heavy atom. The molecule has 1 saturated heterocycles. The number of furan rings is 1. The monoisotopic (exact) mass is 300 g/mol. The lowest BCUT2D eigenvalue weighted by Crippen LogP contribution is -2.38. The molecule has 2 aromatic rings. The smallest absolute Gasteiger partial charge is 0.319 e. The lowest BCUT2D eigenvalue weighted by atomic mass is 10.2. The van der Waals surface area contributed by atoms with E-state index in [0.29, 0.717) is 12.2 Å². The van der Waals surface area contributed by atoms with Crippen LogP contribution in [0.1, 0.15) is 24.6 Å². The van der Waals surface area contributed by atoms with Gasteiger partial charge in [-0.05, 0) is 50.2 Å². The van der Waals surface area contributed by atoms with E-state index in [9.17, 15) is 4.79 Å². The number of carbonyl (C=O) groups excluding carboxylic acids is 1. The Morgan fingerprint density at radius 3 is 2.86 bits per heavy atom. The highest BCUT2D eigenvalue weighted by atomic mass is 16.3. The van der Waals surface area contributed by atoms with Gasteiger partial charge in [0.1, 0.15) is 5.76 Å². The molecule has 0 spiro atoms. The van der Waals surface area contributed by atoms with E-state index in [1.165, 1.54) is 12.8 Å². The number of likely N-dealkylation sites (tertiary alicyclic amines) is 1. The van der Waals surface area contributed by atoms with E-state index in [1.807, 2.05) is 12.1 Å². The van der Waals surface area contributed by atoms with Gasteiger partial charge in [0.25, 0.3) is 0 Å². The Morgan fingerprint density at radius 2 is 2.18 bits per heavy atom. The molecule has 0 saturated carbocycles. The number of hydrogen-bond acceptors (Lipinski definition) is 4. The number of hydrogen-bond donors (Lipinski definition) is 2. The van der Waals surface area contributed by atoms with Gasteiger partial charge < -0.3 is 15.1 Å². The minimum absolute atomic E-state index is 0.0807. The molecule has 1 aliphatic heterocycles. The third kappa shape index (κ3) is 3.65. The first-order chi connectivity index (χ1) is 10.8. The molecule has 1 fully saturated rings. The van der Waals surface area contributed by atoms with Crippen molar-refractivity contribution in [2.75, 3.05) is 25.0 Å². The molecule has 0 radical (unpaired) electrons. The van der Waals surface area contributed by atoms with Gasteiger partial charge in [-0.3, -0.25) is 9.88 Å². The zero-order valence-corrected chi connectivity index (χ0v) is 12.4. The maximum Gasteiger partial charge on any atom is 0.319 e. The third-order valence-electron chi connectivity index (χ3n) is 3.83. The molecule has 3 heterocycles. The number of nitrogens with one attached hydrogen (secondary N) is 2. The Hall–Kier alpha value is -2.34. The fourth-order valence-corrected chi connectivity index (χ4v) is 2.75. The molecule has 2 N–H and O–H groups in total. The SMILES string of the molecule is O=C(NC[C@@H](c1ccco1)N1CCCC1)Nc1cccnc1. The number of anilines is 1. The number of pyridine rings is 1. The van der Waals surface area contributed by atoms with Crippen molar-refractivity contribution in [2.24, 2.45) is 0 Å². The van der Waals surface area contributed by atoms with Crippen LogP contribution >= 0.6 is 0 Å². The van der Waals surface area contributed by atoms with Crippen LogP contribution in [0.3, 0.4) is 0 Å². The molecule has 0 unspecified atom stereocenters. The summed E-state index contributed by atoms with van der Waals surface area (Å²) >= 11 is 0. The van der Waals surface area contributed by atoms with Crippen molar-refractivity contribution in [3.63, 3.8) is 0 Å². The van der Waals surface area contributed by atoms with E-state index in [-0.39, 0.29) is 12.1 Å². The molecule has 2 amide bonds. The van der Waals surface area contributed by atoms with Gasteiger partial charge in [0.2, 0.25) is 0 Å². The second kappa shape index (κ2) is 7.09. The second-order valence-corrected chi connectivity index (χ2v) is 5.35. The number of nitrogens with zero attached hydrogens (tertiary/aromatic N) is 2. The van der Waals surface area contributed by atoms with E-state index < -0.39 is 0 Å². The number of rotatable bonds is 5. The average molecular weight is 300 g/mol. The van der Waals surface area contributed by atoms with Crippen LogP contribution in [0.2, 0.25) is 0 Å². The number of urea groups is 1. The second-order valence-electron chi connectivity index (χ2n) is 5.35. The topological polar surface area (TPSA) is 70.4 Å². The normalized spacial score (nSPS) is 16.4. The van der Waals surface area contributed by atoms with Crippen molar-refractivity contribution in [2.45, 2.75) is 18.9 Å². The fourth-order valence-electron chi connectivity index (χ4n) is 2.75. The van der Waals surface area contributed by atoms with Crippen molar-refractivity contribution < 1.29 is 9.21 Å². The summed E-state index contributed by atoms with van der Waals surface area (Å²) in [4.78, 5) is 18.3. The summed E-state index contributed by atoms with van der Waals surface area (Å²) in [6.45, 7) is 2.59. The van der Waals surface area contributed by atoms with Crippen LogP contribution in [-0.2, 0) is 0 Å². The van der Waals surface area contributed by atoms with Crippen LogP contribution in [0.5, 0.6) is 0 Å². The summed E-state index contributed by atoms with van der Waals surface area (Å²) in [5.74, 6) is 0.892. The largest absolute Gasteiger partial charge is 0.468 e. The summed E-state index contributed by atoms with van der Waals surface area (Å²) in [6, 6.07) is 7.28. The maximum atomic E-state index is 12.0. The van der Waals surface area contributed by atoms with Crippen LogP contribution < -0.4 is 10.6 Å². The first-order valence-electron chi connectivity index (χ1n) is 7.55. The summed E-state index contributed by atoms with van der Waals surface area (Å²) in [5, 5.41) is 5.69. The minimum Gasteiger partial charge on any atom is -0.468 e. The predicted octanol–water partition coefficient (Wildman–Crippen LogP) is 2.63. The molecule has 22 heavy (non-hydrogen) atoms. The molecule has 6 heteroatoms. The van der Waals surface area contributed by atoms with Gasteiger partial charge in [-0.15, -0.1) is 0 Å². The zero-order chi connectivity index (χ0) is 15.2. The van der Waals surface area contributed by atoms with E-state index in [0.717, 1.165) is 18.8 Å². The quantitative estimate of drug-likeness (QED) is 0.890. The molecular formula is C16H20N4O2. The van der Waals surface area contributed by atoms with Crippen LogP contribution in [0, 0.1) is 0 Å². The highest BCUT2D eigenvalue weighted by molar-refractivity contribution is 5.88. The number of aromatic nitrogens is 1. The van der Waals surface area contributed by atoms with Crippen LogP contribution in [0.4, 0.5) is 10.5 Å². The van der Waals surface area contributed by atoms with Gasteiger partial charge in [-0.2, -0.15) is 0 Å². The van der Waals surface area contributed by atoms with Gasteiger partial charge in [-0.25, -0.2) is 4.79 Å². The fraction of sp³-hybridized carbons (Fsp3) is 0.375. The van der Waals surface area contributed by atoms with Gasteiger partial charge in [0.05, 0.1) is 24.2 Å². The molecular weight excluding hydrogens is 280 g/mol. The number of amides is 2. The predicted molar refractivity (Wildman–Crippen MR) is 83.5 cm³/mol. The van der Waals surface area contributed by atoms with Gasteiger partial charge in [-0.1, -0.05) is 0 Å². The van der Waals surface area contributed by atoms with Crippen molar-refractivity contribution >= 4 is 11.7 Å². The van der Waals surface area contributed by atoms with Gasteiger partial charge >= 0.3 is 6.03 Å². The summed E-state index contributed by atoms with van der Waals surface area (Å²) in [7, 11) is 0. The van der Waals surface area contributed by atoms with Crippen molar-refractivity contribution in [1.29, 1.82) is 0 Å². The molecule has 1 aliphatic rings. The van der Waals surface area contributed by atoms with Crippen molar-refractivity contribution in [3.05, 3.63) is 48.7 Å². The molecule has 1 atom stereocenters. The lowest BCUT2D eigenvalue weighted by Gasteiger charge is -2.26. The lowest BCUT2D eigenvalue weighted by molar-refractivity contribution is 0.207. The standard InChI is InChI=1S/C16H20N4O2/c21-16(19-13-5-3-7-17-11-13)18-12-14(15-6-4-10-22-15)20-8-1-2-9-20/h3-7,10-11,14H,1-2,8-9,12H2,(H2,18,19,21)/t14-/m0/s1. The van der Waals surface area contributed by atoms with E-state index in [4.69, 9.17) is 4.42 Å². The van der Waals surface area contributed by atoms with Crippen molar-refractivity contribution in [3.8, 4) is 0 Å². The first-order valence-corrected chi connectivity index (χ1v) is 7.55.